The summed E-state index contributed by atoms with van der Waals surface area (Å²) in [6.45, 7) is 4.24. The number of fused-ring (bicyclic) bond motifs is 1. The molecule has 3 heterocycles. The molecule has 0 aromatic rings. The van der Waals surface area contributed by atoms with Crippen molar-refractivity contribution >= 4 is 17.7 Å². The normalized spacial score (nSPS) is 35.3. The largest absolute Gasteiger partial charge is 0.380 e. The van der Waals surface area contributed by atoms with Crippen molar-refractivity contribution in [3.8, 4) is 0 Å². The Hall–Kier alpha value is -0.260. The highest BCUT2D eigenvalue weighted by molar-refractivity contribution is 7.99. The number of thioether (sulfide) groups is 1. The summed E-state index contributed by atoms with van der Waals surface area (Å²) in [4.78, 5) is 15.1. The molecule has 1 aliphatic carbocycles. The van der Waals surface area contributed by atoms with E-state index in [2.05, 4.69) is 4.90 Å². The van der Waals surface area contributed by atoms with Gasteiger partial charge in [0.1, 0.15) is 0 Å². The van der Waals surface area contributed by atoms with Gasteiger partial charge >= 0.3 is 0 Å². The average Bonchev–Trinajstić information content (AvgIpc) is 3.32. The van der Waals surface area contributed by atoms with Crippen molar-refractivity contribution in [3.05, 3.63) is 0 Å². The first-order chi connectivity index (χ1) is 11.3. The van der Waals surface area contributed by atoms with Gasteiger partial charge in [0.15, 0.2) is 0 Å². The molecule has 3 saturated heterocycles. The number of nitrogens with zero attached hydrogens (tertiary/aromatic N) is 1. The van der Waals surface area contributed by atoms with Gasteiger partial charge in [-0.15, -0.1) is 0 Å². The van der Waals surface area contributed by atoms with E-state index in [-0.39, 0.29) is 11.3 Å². The number of hydrogen-bond donors (Lipinski definition) is 0. The molecule has 5 heteroatoms. The minimum absolute atomic E-state index is 0.0617. The molecule has 0 N–H and O–H groups in total. The number of rotatable bonds is 5. The van der Waals surface area contributed by atoms with Crippen LogP contribution in [-0.2, 0) is 14.3 Å². The molecule has 23 heavy (non-hydrogen) atoms. The molecule has 0 aromatic heterocycles. The summed E-state index contributed by atoms with van der Waals surface area (Å²) >= 11 is 1.99. The highest BCUT2D eigenvalue weighted by Gasteiger charge is 2.49. The van der Waals surface area contributed by atoms with Gasteiger partial charge in [0.25, 0.3) is 0 Å². The van der Waals surface area contributed by atoms with Crippen LogP contribution in [0.1, 0.15) is 38.5 Å². The smallest absolute Gasteiger partial charge is 0.225 e. The molecule has 4 rings (SSSR count). The van der Waals surface area contributed by atoms with Crippen LogP contribution < -0.4 is 0 Å². The van der Waals surface area contributed by atoms with Gasteiger partial charge in [0.05, 0.1) is 12.7 Å². The summed E-state index contributed by atoms with van der Waals surface area (Å²) in [7, 11) is 0. The van der Waals surface area contributed by atoms with Gasteiger partial charge in [-0.25, -0.2) is 0 Å². The quantitative estimate of drug-likeness (QED) is 0.772. The summed E-state index contributed by atoms with van der Waals surface area (Å²) < 4.78 is 12.0. The molecule has 0 bridgehead atoms. The molecule has 1 saturated carbocycles. The van der Waals surface area contributed by atoms with E-state index in [1.165, 1.54) is 12.8 Å². The molecule has 0 spiro atoms. The fourth-order valence-corrected chi connectivity index (χ4v) is 5.47. The van der Waals surface area contributed by atoms with Crippen LogP contribution in [-0.4, -0.2) is 61.3 Å². The summed E-state index contributed by atoms with van der Waals surface area (Å²) in [5.41, 5.74) is 0.0617. The van der Waals surface area contributed by atoms with Crippen LogP contribution in [0.3, 0.4) is 0 Å². The van der Waals surface area contributed by atoms with Crippen LogP contribution in [0.5, 0.6) is 0 Å². The lowest BCUT2D eigenvalue weighted by atomic mass is 9.77. The van der Waals surface area contributed by atoms with Gasteiger partial charge in [-0.2, -0.15) is 11.8 Å². The van der Waals surface area contributed by atoms with Gasteiger partial charge in [0, 0.05) is 37.6 Å². The maximum Gasteiger partial charge on any atom is 0.225 e. The Balaban J connectivity index is 1.38. The van der Waals surface area contributed by atoms with E-state index >= 15 is 0 Å². The summed E-state index contributed by atoms with van der Waals surface area (Å²) in [5, 5.41) is 0. The summed E-state index contributed by atoms with van der Waals surface area (Å²) in [6, 6.07) is 0. The van der Waals surface area contributed by atoms with Crippen LogP contribution >= 0.6 is 11.8 Å². The first-order valence-corrected chi connectivity index (χ1v) is 10.5. The van der Waals surface area contributed by atoms with E-state index in [1.54, 1.807) is 0 Å². The first-order valence-electron chi connectivity index (χ1n) is 9.33. The highest BCUT2D eigenvalue weighted by atomic mass is 32.2. The number of amides is 1. The maximum absolute atomic E-state index is 12.9. The van der Waals surface area contributed by atoms with E-state index in [0.29, 0.717) is 12.0 Å². The topological polar surface area (TPSA) is 38.8 Å². The van der Waals surface area contributed by atoms with Gasteiger partial charge < -0.3 is 14.4 Å². The third-order valence-electron chi connectivity index (χ3n) is 6.09. The third kappa shape index (κ3) is 3.57. The fraction of sp³-hybridized carbons (Fsp3) is 0.944. The Kier molecular flexibility index (Phi) is 4.89. The highest BCUT2D eigenvalue weighted by Crippen LogP contribution is 2.42. The number of hydrogen-bond acceptors (Lipinski definition) is 4. The molecule has 4 fully saturated rings. The van der Waals surface area contributed by atoms with E-state index in [0.717, 1.165) is 76.0 Å². The van der Waals surface area contributed by atoms with Gasteiger partial charge in [-0.1, -0.05) is 0 Å². The monoisotopic (exact) mass is 339 g/mol. The predicted octanol–water partition coefficient (Wildman–Crippen LogP) is 2.56. The van der Waals surface area contributed by atoms with Crippen molar-refractivity contribution in [2.45, 2.75) is 44.6 Å². The molecule has 4 nitrogen and oxygen atoms in total. The Morgan fingerprint density at radius 1 is 1.22 bits per heavy atom. The molecule has 0 unspecified atom stereocenters. The lowest BCUT2D eigenvalue weighted by Crippen LogP contribution is -2.55. The second-order valence-corrected chi connectivity index (χ2v) is 9.09. The zero-order valence-corrected chi connectivity index (χ0v) is 14.8. The SMILES string of the molecule is O=C(C1CCSCC1)N1CC[C@H]2OCC[C@@]2(COCC2CC2)C1. The molecule has 130 valence electrons. The lowest BCUT2D eigenvalue weighted by molar-refractivity contribution is -0.144. The minimum Gasteiger partial charge on any atom is -0.380 e. The number of carbonyl (C=O) groups is 1. The van der Waals surface area contributed by atoms with Gasteiger partial charge in [-0.3, -0.25) is 4.79 Å². The van der Waals surface area contributed by atoms with Crippen LogP contribution in [0, 0.1) is 17.3 Å². The fourth-order valence-electron chi connectivity index (χ4n) is 4.36. The predicted molar refractivity (Wildman–Crippen MR) is 91.6 cm³/mol. The second kappa shape index (κ2) is 6.93. The zero-order valence-electron chi connectivity index (χ0n) is 14.0. The Labute approximate surface area is 143 Å². The van der Waals surface area contributed by atoms with Crippen molar-refractivity contribution in [1.29, 1.82) is 0 Å². The zero-order chi connectivity index (χ0) is 15.7. The van der Waals surface area contributed by atoms with Crippen LogP contribution in [0.15, 0.2) is 0 Å². The third-order valence-corrected chi connectivity index (χ3v) is 7.14. The van der Waals surface area contributed by atoms with Crippen molar-refractivity contribution in [3.63, 3.8) is 0 Å². The van der Waals surface area contributed by atoms with Gasteiger partial charge in [0.2, 0.25) is 5.91 Å². The van der Waals surface area contributed by atoms with Crippen molar-refractivity contribution in [2.24, 2.45) is 17.3 Å². The molecule has 4 aliphatic rings. The summed E-state index contributed by atoms with van der Waals surface area (Å²) in [6.07, 6.45) is 7.12. The molecular formula is C18H29NO3S. The molecular weight excluding hydrogens is 310 g/mol. The summed E-state index contributed by atoms with van der Waals surface area (Å²) in [5.74, 6) is 3.75. The van der Waals surface area contributed by atoms with E-state index in [4.69, 9.17) is 9.47 Å². The van der Waals surface area contributed by atoms with Crippen molar-refractivity contribution in [1.82, 2.24) is 4.90 Å². The molecule has 0 radical (unpaired) electrons. The van der Waals surface area contributed by atoms with Gasteiger partial charge in [-0.05, 0) is 55.9 Å². The van der Waals surface area contributed by atoms with E-state index < -0.39 is 0 Å². The average molecular weight is 340 g/mol. The first kappa shape index (κ1) is 16.2. The molecule has 0 aromatic carbocycles. The Morgan fingerprint density at radius 3 is 2.83 bits per heavy atom. The Morgan fingerprint density at radius 2 is 2.04 bits per heavy atom. The number of ether oxygens (including phenoxy) is 2. The van der Waals surface area contributed by atoms with Crippen molar-refractivity contribution in [2.75, 3.05) is 44.4 Å². The molecule has 1 amide bonds. The minimum atomic E-state index is 0.0617. The second-order valence-electron chi connectivity index (χ2n) is 7.87. The van der Waals surface area contributed by atoms with E-state index in [9.17, 15) is 4.79 Å². The molecule has 3 aliphatic heterocycles. The van der Waals surface area contributed by atoms with Crippen LogP contribution in [0.4, 0.5) is 0 Å². The number of carbonyl (C=O) groups excluding carboxylic acids is 1. The van der Waals surface area contributed by atoms with Crippen molar-refractivity contribution < 1.29 is 14.3 Å². The number of likely N-dealkylation sites (tertiary alicyclic amines) is 1. The maximum atomic E-state index is 12.9. The Bertz CT molecular complexity index is 436. The van der Waals surface area contributed by atoms with E-state index in [1.807, 2.05) is 11.8 Å². The van der Waals surface area contributed by atoms with Crippen LogP contribution in [0.2, 0.25) is 0 Å². The number of piperidine rings is 1. The lowest BCUT2D eigenvalue weighted by Gasteiger charge is -2.44. The molecule has 2 atom stereocenters. The van der Waals surface area contributed by atoms with Crippen LogP contribution in [0.25, 0.3) is 0 Å². The standard InChI is InChI=1S/C18H29NO3S/c20-17(15-4-9-23-10-5-15)19-7-3-16-18(12-19,6-8-22-16)13-21-11-14-1-2-14/h14-16H,1-13H2/t16-,18+/m1/s1.